The second kappa shape index (κ2) is 4.45. The van der Waals surface area contributed by atoms with Crippen LogP contribution in [0.15, 0.2) is 18.7 Å². The van der Waals surface area contributed by atoms with Crippen molar-refractivity contribution in [1.29, 1.82) is 0 Å². The molecule has 0 unspecified atom stereocenters. The number of anilines is 2. The Morgan fingerprint density at radius 3 is 2.77 bits per heavy atom. The van der Waals surface area contributed by atoms with Crippen LogP contribution in [0, 0.1) is 6.92 Å². The molecule has 0 bridgehead atoms. The van der Waals surface area contributed by atoms with Crippen LogP contribution in [-0.4, -0.2) is 23.6 Å². The van der Waals surface area contributed by atoms with Gasteiger partial charge in [0.15, 0.2) is 0 Å². The van der Waals surface area contributed by atoms with Crippen molar-refractivity contribution < 1.29 is 0 Å². The van der Waals surface area contributed by atoms with Gasteiger partial charge >= 0.3 is 0 Å². The van der Waals surface area contributed by atoms with E-state index in [-0.39, 0.29) is 0 Å². The highest BCUT2D eigenvalue weighted by Crippen LogP contribution is 2.09. The number of nitrogens with zero attached hydrogens (tertiary/aromatic N) is 2. The van der Waals surface area contributed by atoms with Gasteiger partial charge in [0, 0.05) is 19.7 Å². The van der Waals surface area contributed by atoms with Gasteiger partial charge in [-0.1, -0.05) is 6.08 Å². The summed E-state index contributed by atoms with van der Waals surface area (Å²) >= 11 is 0. The molecule has 4 heteroatoms. The molecule has 1 rings (SSSR count). The molecule has 1 heterocycles. The normalized spacial score (nSPS) is 9.38. The predicted molar refractivity (Wildman–Crippen MR) is 55.0 cm³/mol. The fourth-order valence-electron chi connectivity index (χ4n) is 0.963. The summed E-state index contributed by atoms with van der Waals surface area (Å²) in [6.07, 6.45) is 1.79. The minimum atomic E-state index is 0.708. The molecule has 4 nitrogen and oxygen atoms in total. The molecule has 0 spiro atoms. The summed E-state index contributed by atoms with van der Waals surface area (Å²) in [5.74, 6) is 2.38. The number of hydrogen-bond acceptors (Lipinski definition) is 4. The highest BCUT2D eigenvalue weighted by atomic mass is 15.1. The van der Waals surface area contributed by atoms with E-state index in [2.05, 4.69) is 27.2 Å². The van der Waals surface area contributed by atoms with Crippen molar-refractivity contribution in [3.8, 4) is 0 Å². The van der Waals surface area contributed by atoms with Gasteiger partial charge in [-0.15, -0.1) is 6.58 Å². The zero-order valence-electron chi connectivity index (χ0n) is 7.96. The van der Waals surface area contributed by atoms with Crippen LogP contribution in [0.5, 0.6) is 0 Å². The topological polar surface area (TPSA) is 49.8 Å². The number of aromatic nitrogens is 2. The van der Waals surface area contributed by atoms with Crippen LogP contribution in [0.25, 0.3) is 0 Å². The Balaban J connectivity index is 2.81. The van der Waals surface area contributed by atoms with E-state index < -0.39 is 0 Å². The number of hydrogen-bond donors (Lipinski definition) is 2. The molecule has 0 radical (unpaired) electrons. The van der Waals surface area contributed by atoms with Crippen LogP contribution in [-0.2, 0) is 0 Å². The van der Waals surface area contributed by atoms with Crippen molar-refractivity contribution in [3.63, 3.8) is 0 Å². The van der Waals surface area contributed by atoms with Gasteiger partial charge in [0.25, 0.3) is 0 Å². The van der Waals surface area contributed by atoms with Gasteiger partial charge in [0.2, 0.25) is 0 Å². The highest BCUT2D eigenvalue weighted by molar-refractivity contribution is 5.47. The largest absolute Gasteiger partial charge is 0.373 e. The summed E-state index contributed by atoms with van der Waals surface area (Å²) in [4.78, 5) is 8.38. The molecule has 0 amide bonds. The molecule has 1 aromatic heterocycles. The van der Waals surface area contributed by atoms with Gasteiger partial charge < -0.3 is 10.6 Å². The third-order valence-corrected chi connectivity index (χ3v) is 1.52. The third-order valence-electron chi connectivity index (χ3n) is 1.52. The lowest BCUT2D eigenvalue weighted by Gasteiger charge is -2.05. The van der Waals surface area contributed by atoms with E-state index in [9.17, 15) is 0 Å². The van der Waals surface area contributed by atoms with Gasteiger partial charge in [-0.05, 0) is 6.92 Å². The average molecular weight is 178 g/mol. The molecule has 0 aliphatic heterocycles. The number of aryl methyl sites for hydroxylation is 1. The van der Waals surface area contributed by atoms with Crippen molar-refractivity contribution in [2.24, 2.45) is 0 Å². The first-order valence-electron chi connectivity index (χ1n) is 4.14. The van der Waals surface area contributed by atoms with Crippen LogP contribution in [0.4, 0.5) is 11.6 Å². The molecular formula is C9H14N4. The van der Waals surface area contributed by atoms with E-state index in [0.29, 0.717) is 6.54 Å². The molecule has 0 atom stereocenters. The van der Waals surface area contributed by atoms with Crippen LogP contribution >= 0.6 is 0 Å². The average Bonchev–Trinajstić information content (AvgIpc) is 2.14. The second-order valence-corrected chi connectivity index (χ2v) is 2.61. The van der Waals surface area contributed by atoms with Gasteiger partial charge in [-0.3, -0.25) is 0 Å². The van der Waals surface area contributed by atoms with Crippen LogP contribution in [0.3, 0.4) is 0 Å². The van der Waals surface area contributed by atoms with Gasteiger partial charge in [-0.25, -0.2) is 9.97 Å². The maximum absolute atomic E-state index is 4.21. The minimum Gasteiger partial charge on any atom is -0.373 e. The minimum absolute atomic E-state index is 0.708. The monoisotopic (exact) mass is 178 g/mol. The Labute approximate surface area is 78.1 Å². The van der Waals surface area contributed by atoms with Crippen molar-refractivity contribution >= 4 is 11.6 Å². The first-order chi connectivity index (χ1) is 6.26. The molecule has 13 heavy (non-hydrogen) atoms. The van der Waals surface area contributed by atoms with Crippen molar-refractivity contribution in [2.45, 2.75) is 6.92 Å². The Bertz CT molecular complexity index is 296. The Morgan fingerprint density at radius 1 is 1.46 bits per heavy atom. The first kappa shape index (κ1) is 9.51. The summed E-state index contributed by atoms with van der Waals surface area (Å²) in [5.41, 5.74) is 0. The van der Waals surface area contributed by atoms with Crippen molar-refractivity contribution in [2.75, 3.05) is 24.2 Å². The summed E-state index contributed by atoms with van der Waals surface area (Å²) in [6.45, 7) is 6.19. The molecule has 0 fully saturated rings. The summed E-state index contributed by atoms with van der Waals surface area (Å²) in [5, 5.41) is 6.07. The summed E-state index contributed by atoms with van der Waals surface area (Å²) in [6, 6.07) is 1.86. The number of rotatable bonds is 4. The van der Waals surface area contributed by atoms with Gasteiger partial charge in [0.1, 0.15) is 17.5 Å². The Kier molecular flexibility index (Phi) is 3.25. The van der Waals surface area contributed by atoms with Crippen LogP contribution in [0.2, 0.25) is 0 Å². The molecule has 0 saturated carbocycles. The standard InChI is InChI=1S/C9H14N4/c1-4-5-11-9-6-8(10-3)12-7(2)13-9/h4,6H,1,5H2,2-3H3,(H2,10,11,12,13). The molecule has 0 aliphatic carbocycles. The predicted octanol–water partition coefficient (Wildman–Crippen LogP) is 1.42. The van der Waals surface area contributed by atoms with E-state index in [1.165, 1.54) is 0 Å². The Hall–Kier alpha value is -1.58. The zero-order valence-corrected chi connectivity index (χ0v) is 7.96. The molecule has 0 aromatic carbocycles. The maximum Gasteiger partial charge on any atom is 0.132 e. The molecule has 70 valence electrons. The maximum atomic E-state index is 4.21. The molecular weight excluding hydrogens is 164 g/mol. The van der Waals surface area contributed by atoms with E-state index in [1.807, 2.05) is 20.0 Å². The smallest absolute Gasteiger partial charge is 0.132 e. The zero-order chi connectivity index (χ0) is 9.68. The van der Waals surface area contributed by atoms with E-state index >= 15 is 0 Å². The Morgan fingerprint density at radius 2 is 2.15 bits per heavy atom. The van der Waals surface area contributed by atoms with E-state index in [4.69, 9.17) is 0 Å². The van der Waals surface area contributed by atoms with Crippen molar-refractivity contribution in [1.82, 2.24) is 9.97 Å². The number of nitrogens with one attached hydrogen (secondary N) is 2. The lowest BCUT2D eigenvalue weighted by Crippen LogP contribution is -2.04. The highest BCUT2D eigenvalue weighted by Gasteiger charge is 1.97. The lowest BCUT2D eigenvalue weighted by atomic mass is 10.4. The fraction of sp³-hybridized carbons (Fsp3) is 0.333. The summed E-state index contributed by atoms with van der Waals surface area (Å²) in [7, 11) is 1.83. The molecule has 1 aromatic rings. The van der Waals surface area contributed by atoms with E-state index in [1.54, 1.807) is 6.08 Å². The molecule has 2 N–H and O–H groups in total. The molecule has 0 saturated heterocycles. The van der Waals surface area contributed by atoms with E-state index in [0.717, 1.165) is 17.5 Å². The second-order valence-electron chi connectivity index (χ2n) is 2.61. The molecule has 0 aliphatic rings. The first-order valence-corrected chi connectivity index (χ1v) is 4.14. The summed E-state index contributed by atoms with van der Waals surface area (Å²) < 4.78 is 0. The fourth-order valence-corrected chi connectivity index (χ4v) is 0.963. The quantitative estimate of drug-likeness (QED) is 0.685. The van der Waals surface area contributed by atoms with Gasteiger partial charge in [0.05, 0.1) is 0 Å². The lowest BCUT2D eigenvalue weighted by molar-refractivity contribution is 1.04. The van der Waals surface area contributed by atoms with Crippen molar-refractivity contribution in [3.05, 3.63) is 24.5 Å². The SMILES string of the molecule is C=CCNc1cc(NC)nc(C)n1. The third kappa shape index (κ3) is 2.74. The van der Waals surface area contributed by atoms with Gasteiger partial charge in [-0.2, -0.15) is 0 Å². The van der Waals surface area contributed by atoms with Crippen LogP contribution < -0.4 is 10.6 Å². The van der Waals surface area contributed by atoms with Crippen LogP contribution in [0.1, 0.15) is 5.82 Å².